The lowest BCUT2D eigenvalue weighted by molar-refractivity contribution is 0.0673. The molecule has 1 heterocycles. The largest absolute Gasteiger partial charge is 0.476 e. The van der Waals surface area contributed by atoms with Crippen molar-refractivity contribution in [3.05, 3.63) is 46.2 Å². The molecule has 0 unspecified atom stereocenters. The SMILES string of the molecule is O=C(O)c1cc(=O)c2ccccc2n1F. The highest BCUT2D eigenvalue weighted by atomic mass is 19.2. The van der Waals surface area contributed by atoms with Gasteiger partial charge in [-0.05, 0) is 12.1 Å². The lowest BCUT2D eigenvalue weighted by Gasteiger charge is -2.03. The van der Waals surface area contributed by atoms with E-state index in [-0.39, 0.29) is 15.7 Å². The highest BCUT2D eigenvalue weighted by molar-refractivity contribution is 5.90. The number of carboxylic acids is 1. The third-order valence-electron chi connectivity index (χ3n) is 2.08. The van der Waals surface area contributed by atoms with Crippen LogP contribution in [0.25, 0.3) is 10.9 Å². The van der Waals surface area contributed by atoms with Gasteiger partial charge >= 0.3 is 5.97 Å². The van der Waals surface area contributed by atoms with Crippen LogP contribution in [0.1, 0.15) is 10.5 Å². The maximum atomic E-state index is 13.5. The molecule has 0 amide bonds. The fourth-order valence-corrected chi connectivity index (χ4v) is 1.39. The van der Waals surface area contributed by atoms with Crippen molar-refractivity contribution in [1.29, 1.82) is 0 Å². The fraction of sp³-hybridized carbons (Fsp3) is 0. The van der Waals surface area contributed by atoms with Crippen LogP contribution in [-0.2, 0) is 0 Å². The number of carboxylic acid groups (broad SMARTS) is 1. The maximum Gasteiger partial charge on any atom is 0.355 e. The average Bonchev–Trinajstić information content (AvgIpc) is 2.23. The van der Waals surface area contributed by atoms with Crippen LogP contribution in [0.3, 0.4) is 0 Å². The number of nitrogens with zero attached hydrogens (tertiary/aromatic N) is 1. The number of rotatable bonds is 1. The number of para-hydroxylation sites is 1. The minimum Gasteiger partial charge on any atom is -0.476 e. The fourth-order valence-electron chi connectivity index (χ4n) is 1.39. The van der Waals surface area contributed by atoms with Crippen molar-refractivity contribution in [3.8, 4) is 0 Å². The topological polar surface area (TPSA) is 59.3 Å². The molecule has 4 nitrogen and oxygen atoms in total. The van der Waals surface area contributed by atoms with Crippen molar-refractivity contribution < 1.29 is 14.4 Å². The van der Waals surface area contributed by atoms with Gasteiger partial charge in [0.05, 0.1) is 5.52 Å². The van der Waals surface area contributed by atoms with Crippen LogP contribution in [0, 0.1) is 0 Å². The molecule has 1 aromatic carbocycles. The molecule has 0 saturated heterocycles. The van der Waals surface area contributed by atoms with Crippen molar-refractivity contribution in [1.82, 2.24) is 4.79 Å². The second-order valence-corrected chi connectivity index (χ2v) is 3.00. The highest BCUT2D eigenvalue weighted by Gasteiger charge is 2.13. The quantitative estimate of drug-likeness (QED) is 0.769. The number of benzene rings is 1. The van der Waals surface area contributed by atoms with Gasteiger partial charge < -0.3 is 5.11 Å². The second kappa shape index (κ2) is 3.20. The molecule has 1 N–H and O–H groups in total. The Morgan fingerprint density at radius 1 is 1.33 bits per heavy atom. The van der Waals surface area contributed by atoms with Gasteiger partial charge in [-0.1, -0.05) is 16.6 Å². The van der Waals surface area contributed by atoms with Gasteiger partial charge in [-0.25, -0.2) is 4.79 Å². The first-order valence-electron chi connectivity index (χ1n) is 4.15. The summed E-state index contributed by atoms with van der Waals surface area (Å²) in [5, 5.41) is 8.81. The van der Waals surface area contributed by atoms with E-state index in [4.69, 9.17) is 5.11 Å². The molecular formula is C10H6FNO3. The summed E-state index contributed by atoms with van der Waals surface area (Å²) < 4.78 is 13.5. The minimum absolute atomic E-state index is 0.000926. The third-order valence-corrected chi connectivity index (χ3v) is 2.08. The van der Waals surface area contributed by atoms with Crippen LogP contribution >= 0.6 is 0 Å². The van der Waals surface area contributed by atoms with Gasteiger partial charge in [0.15, 0.2) is 11.1 Å². The zero-order valence-corrected chi connectivity index (χ0v) is 7.48. The van der Waals surface area contributed by atoms with E-state index in [1.165, 1.54) is 18.2 Å². The Labute approximate surface area is 83.1 Å². The van der Waals surface area contributed by atoms with Crippen LogP contribution in [0.4, 0.5) is 4.48 Å². The molecule has 76 valence electrons. The van der Waals surface area contributed by atoms with Crippen molar-refractivity contribution in [2.45, 2.75) is 0 Å². The molecule has 2 aromatic rings. The van der Waals surface area contributed by atoms with E-state index in [2.05, 4.69) is 0 Å². The molecule has 5 heteroatoms. The first-order valence-corrected chi connectivity index (χ1v) is 4.15. The van der Waals surface area contributed by atoms with Gasteiger partial charge in [0, 0.05) is 11.5 Å². The Bertz CT molecular complexity index is 603. The molecule has 0 radical (unpaired) electrons. The Morgan fingerprint density at radius 2 is 2.00 bits per heavy atom. The number of hydrogen-bond acceptors (Lipinski definition) is 2. The van der Waals surface area contributed by atoms with E-state index in [0.717, 1.165) is 6.07 Å². The molecule has 0 atom stereocenters. The van der Waals surface area contributed by atoms with E-state index in [1.807, 2.05) is 0 Å². The molecule has 15 heavy (non-hydrogen) atoms. The van der Waals surface area contributed by atoms with E-state index < -0.39 is 17.1 Å². The summed E-state index contributed by atoms with van der Waals surface area (Å²) in [7, 11) is 0. The molecule has 0 aliphatic carbocycles. The van der Waals surface area contributed by atoms with E-state index in [9.17, 15) is 14.1 Å². The summed E-state index contributed by atoms with van der Waals surface area (Å²) in [6.45, 7) is 0. The predicted octanol–water partition coefficient (Wildman–Crippen LogP) is 1.43. The highest BCUT2D eigenvalue weighted by Crippen LogP contribution is 2.12. The summed E-state index contributed by atoms with van der Waals surface area (Å²) in [6, 6.07) is 6.68. The Balaban J connectivity index is 2.97. The number of carbonyl (C=O) groups is 1. The van der Waals surface area contributed by atoms with Gasteiger partial charge in [-0.3, -0.25) is 4.79 Å². The molecule has 0 spiro atoms. The lowest BCUT2D eigenvalue weighted by atomic mass is 10.2. The number of aromatic carboxylic acids is 1. The van der Waals surface area contributed by atoms with Crippen LogP contribution < -0.4 is 5.43 Å². The molecular weight excluding hydrogens is 201 g/mol. The van der Waals surface area contributed by atoms with Gasteiger partial charge in [0.1, 0.15) is 0 Å². The zero-order chi connectivity index (χ0) is 11.0. The van der Waals surface area contributed by atoms with E-state index >= 15 is 0 Å². The molecule has 0 saturated carbocycles. The summed E-state index contributed by atoms with van der Waals surface area (Å²) in [6.07, 6.45) is 0. The summed E-state index contributed by atoms with van der Waals surface area (Å²) in [5.74, 6) is -1.47. The average molecular weight is 207 g/mol. The van der Waals surface area contributed by atoms with E-state index in [0.29, 0.717) is 0 Å². The Hall–Kier alpha value is -2.17. The van der Waals surface area contributed by atoms with Gasteiger partial charge in [0.2, 0.25) is 0 Å². The first kappa shape index (κ1) is 9.39. The summed E-state index contributed by atoms with van der Waals surface area (Å²) >= 11 is 0. The number of fused-ring (bicyclic) bond motifs is 1. The van der Waals surface area contributed by atoms with Crippen LogP contribution in [0.15, 0.2) is 35.1 Å². The monoisotopic (exact) mass is 207 g/mol. The van der Waals surface area contributed by atoms with Crippen LogP contribution in [0.5, 0.6) is 0 Å². The van der Waals surface area contributed by atoms with E-state index in [1.54, 1.807) is 6.07 Å². The number of halogens is 1. The Kier molecular flexibility index (Phi) is 2.00. The molecule has 2 rings (SSSR count). The second-order valence-electron chi connectivity index (χ2n) is 3.00. The maximum absolute atomic E-state index is 13.5. The standard InChI is InChI=1S/C10H6FNO3/c11-12-7-4-2-1-3-6(7)9(13)5-8(12)10(14)15/h1-5H,(H,14,15). The summed E-state index contributed by atoms with van der Waals surface area (Å²) in [4.78, 5) is 22.0. The lowest BCUT2D eigenvalue weighted by Crippen LogP contribution is -2.13. The van der Waals surface area contributed by atoms with Crippen molar-refractivity contribution in [2.24, 2.45) is 0 Å². The predicted molar refractivity (Wildman–Crippen MR) is 51.7 cm³/mol. The Morgan fingerprint density at radius 3 is 2.67 bits per heavy atom. The smallest absolute Gasteiger partial charge is 0.355 e. The molecule has 0 bridgehead atoms. The van der Waals surface area contributed by atoms with Gasteiger partial charge in [0.25, 0.3) is 0 Å². The molecule has 0 fully saturated rings. The number of hydrogen-bond donors (Lipinski definition) is 1. The number of pyridine rings is 1. The molecule has 0 aliphatic heterocycles. The van der Waals surface area contributed by atoms with Crippen molar-refractivity contribution in [3.63, 3.8) is 0 Å². The van der Waals surface area contributed by atoms with Crippen LogP contribution in [-0.4, -0.2) is 15.9 Å². The number of aromatic nitrogens is 1. The van der Waals surface area contributed by atoms with Crippen LogP contribution in [0.2, 0.25) is 0 Å². The van der Waals surface area contributed by atoms with Crippen molar-refractivity contribution >= 4 is 16.9 Å². The first-order chi connectivity index (χ1) is 7.11. The van der Waals surface area contributed by atoms with Gasteiger partial charge in [-0.15, -0.1) is 0 Å². The third kappa shape index (κ3) is 1.38. The summed E-state index contributed by atoms with van der Waals surface area (Å²) in [5.41, 5.74) is -1.21. The van der Waals surface area contributed by atoms with Gasteiger partial charge in [-0.2, -0.15) is 4.79 Å². The minimum atomic E-state index is -1.47. The molecule has 0 aliphatic rings. The molecule has 1 aromatic heterocycles. The normalized spacial score (nSPS) is 10.5. The van der Waals surface area contributed by atoms with Crippen molar-refractivity contribution in [2.75, 3.05) is 0 Å². The zero-order valence-electron chi connectivity index (χ0n) is 7.48.